The fourth-order valence-electron chi connectivity index (χ4n) is 5.03. The van der Waals surface area contributed by atoms with Crippen LogP contribution in [-0.2, 0) is 22.6 Å². The SMILES string of the molecule is CCc1nc(CN2CCN(C(=O)C3(C(=O)O)CC4CCC3C4)CC2)no1. The largest absolute Gasteiger partial charge is 0.480 e. The van der Waals surface area contributed by atoms with Crippen molar-refractivity contribution >= 4 is 11.9 Å². The highest BCUT2D eigenvalue weighted by atomic mass is 16.5. The van der Waals surface area contributed by atoms with Crippen molar-refractivity contribution in [3.05, 3.63) is 11.7 Å². The zero-order valence-electron chi connectivity index (χ0n) is 15.2. The first kappa shape index (κ1) is 17.5. The minimum Gasteiger partial charge on any atom is -0.480 e. The molecular formula is C18H26N4O4. The minimum atomic E-state index is -1.17. The van der Waals surface area contributed by atoms with Gasteiger partial charge in [-0.25, -0.2) is 0 Å². The van der Waals surface area contributed by atoms with Gasteiger partial charge in [-0.3, -0.25) is 14.5 Å². The molecule has 8 nitrogen and oxygen atoms in total. The normalized spacial score (nSPS) is 31.5. The van der Waals surface area contributed by atoms with Crippen LogP contribution in [0.15, 0.2) is 4.52 Å². The molecule has 2 saturated carbocycles. The number of hydrogen-bond acceptors (Lipinski definition) is 6. The number of carboxylic acid groups (broad SMARTS) is 1. The maximum atomic E-state index is 13.1. The van der Waals surface area contributed by atoms with Crippen LogP contribution in [0.4, 0.5) is 0 Å². The van der Waals surface area contributed by atoms with Crippen LogP contribution < -0.4 is 0 Å². The molecular weight excluding hydrogens is 336 g/mol. The highest BCUT2D eigenvalue weighted by molar-refractivity contribution is 6.03. The summed E-state index contributed by atoms with van der Waals surface area (Å²) in [7, 11) is 0. The number of carboxylic acids is 1. The molecule has 142 valence electrons. The van der Waals surface area contributed by atoms with E-state index in [-0.39, 0.29) is 11.8 Å². The lowest BCUT2D eigenvalue weighted by Crippen LogP contribution is -2.56. The van der Waals surface area contributed by atoms with Gasteiger partial charge in [-0.2, -0.15) is 4.98 Å². The van der Waals surface area contributed by atoms with E-state index < -0.39 is 11.4 Å². The molecule has 2 heterocycles. The van der Waals surface area contributed by atoms with Crippen molar-refractivity contribution in [1.29, 1.82) is 0 Å². The van der Waals surface area contributed by atoms with E-state index >= 15 is 0 Å². The Hall–Kier alpha value is -1.96. The molecule has 3 fully saturated rings. The summed E-state index contributed by atoms with van der Waals surface area (Å²) in [5.41, 5.74) is -1.17. The molecule has 3 atom stereocenters. The Balaban J connectivity index is 1.38. The summed E-state index contributed by atoms with van der Waals surface area (Å²) in [6.07, 6.45) is 4.09. The molecule has 0 radical (unpaired) electrons. The van der Waals surface area contributed by atoms with Crippen LogP contribution in [0, 0.1) is 17.3 Å². The monoisotopic (exact) mass is 362 g/mol. The Morgan fingerprint density at radius 2 is 2.04 bits per heavy atom. The second-order valence-electron chi connectivity index (χ2n) is 7.88. The summed E-state index contributed by atoms with van der Waals surface area (Å²) in [6, 6.07) is 0. The second kappa shape index (κ2) is 6.64. The number of rotatable bonds is 5. The van der Waals surface area contributed by atoms with Gasteiger partial charge >= 0.3 is 5.97 Å². The number of piperazine rings is 1. The number of aromatic nitrogens is 2. The van der Waals surface area contributed by atoms with E-state index in [1.54, 1.807) is 4.90 Å². The third-order valence-corrected chi connectivity index (χ3v) is 6.45. The molecule has 3 unspecified atom stereocenters. The number of hydrogen-bond donors (Lipinski definition) is 1. The average Bonchev–Trinajstić information content (AvgIpc) is 3.37. The molecule has 1 amide bonds. The Morgan fingerprint density at radius 3 is 2.58 bits per heavy atom. The van der Waals surface area contributed by atoms with Crippen molar-refractivity contribution in [1.82, 2.24) is 19.9 Å². The number of amides is 1. The second-order valence-corrected chi connectivity index (χ2v) is 7.88. The van der Waals surface area contributed by atoms with Gasteiger partial charge in [-0.05, 0) is 31.1 Å². The highest BCUT2D eigenvalue weighted by Crippen LogP contribution is 2.57. The van der Waals surface area contributed by atoms with Crippen molar-refractivity contribution < 1.29 is 19.2 Å². The van der Waals surface area contributed by atoms with Crippen LogP contribution in [0.1, 0.15) is 44.3 Å². The van der Waals surface area contributed by atoms with E-state index in [0.717, 1.165) is 19.3 Å². The Labute approximate surface area is 152 Å². The summed E-state index contributed by atoms with van der Waals surface area (Å²) in [5, 5.41) is 13.8. The minimum absolute atomic E-state index is 0.0160. The lowest BCUT2D eigenvalue weighted by molar-refractivity contribution is -0.166. The number of aliphatic carboxylic acids is 1. The fourth-order valence-corrected chi connectivity index (χ4v) is 5.03. The molecule has 1 saturated heterocycles. The lowest BCUT2D eigenvalue weighted by Gasteiger charge is -2.40. The Morgan fingerprint density at radius 1 is 1.27 bits per heavy atom. The zero-order valence-corrected chi connectivity index (χ0v) is 15.2. The van der Waals surface area contributed by atoms with Gasteiger partial charge in [0.1, 0.15) is 5.41 Å². The first-order chi connectivity index (χ1) is 12.5. The van der Waals surface area contributed by atoms with E-state index in [4.69, 9.17) is 4.52 Å². The van der Waals surface area contributed by atoms with Gasteiger partial charge in [0.05, 0.1) is 6.54 Å². The lowest BCUT2D eigenvalue weighted by atomic mass is 9.72. The predicted molar refractivity (Wildman–Crippen MR) is 91.0 cm³/mol. The van der Waals surface area contributed by atoms with E-state index in [2.05, 4.69) is 15.0 Å². The summed E-state index contributed by atoms with van der Waals surface area (Å²) in [6.45, 7) is 5.08. The molecule has 1 aromatic rings. The highest BCUT2D eigenvalue weighted by Gasteiger charge is 2.61. The van der Waals surface area contributed by atoms with E-state index in [0.29, 0.717) is 63.2 Å². The molecule has 0 aromatic carbocycles. The third-order valence-electron chi connectivity index (χ3n) is 6.45. The van der Waals surface area contributed by atoms with Crippen LogP contribution in [0.3, 0.4) is 0 Å². The molecule has 0 spiro atoms. The number of carbonyl (C=O) groups is 2. The third kappa shape index (κ3) is 2.80. The molecule has 26 heavy (non-hydrogen) atoms. The van der Waals surface area contributed by atoms with Crippen molar-refractivity contribution in [3.8, 4) is 0 Å². The van der Waals surface area contributed by atoms with Gasteiger partial charge in [0.15, 0.2) is 5.82 Å². The summed E-state index contributed by atoms with van der Waals surface area (Å²) < 4.78 is 5.13. The first-order valence-electron chi connectivity index (χ1n) is 9.59. The Kier molecular flexibility index (Phi) is 4.46. The molecule has 4 rings (SSSR count). The van der Waals surface area contributed by atoms with Crippen LogP contribution in [-0.4, -0.2) is 63.1 Å². The van der Waals surface area contributed by atoms with Gasteiger partial charge in [0.2, 0.25) is 11.8 Å². The Bertz CT molecular complexity index is 697. The molecule has 2 bridgehead atoms. The molecule has 1 aliphatic heterocycles. The van der Waals surface area contributed by atoms with Crippen LogP contribution in [0.2, 0.25) is 0 Å². The van der Waals surface area contributed by atoms with Gasteiger partial charge in [-0.15, -0.1) is 0 Å². The van der Waals surface area contributed by atoms with E-state index in [1.807, 2.05) is 6.92 Å². The summed E-state index contributed by atoms with van der Waals surface area (Å²) in [5.74, 6) is 0.639. The van der Waals surface area contributed by atoms with Crippen LogP contribution in [0.5, 0.6) is 0 Å². The first-order valence-corrected chi connectivity index (χ1v) is 9.59. The van der Waals surface area contributed by atoms with Gasteiger partial charge in [-0.1, -0.05) is 18.5 Å². The smallest absolute Gasteiger partial charge is 0.319 e. The van der Waals surface area contributed by atoms with Gasteiger partial charge < -0.3 is 14.5 Å². The van der Waals surface area contributed by atoms with E-state index in [1.165, 1.54) is 0 Å². The van der Waals surface area contributed by atoms with Gasteiger partial charge in [0.25, 0.3) is 0 Å². The predicted octanol–water partition coefficient (Wildman–Crippen LogP) is 1.17. The number of fused-ring (bicyclic) bond motifs is 2. The van der Waals surface area contributed by atoms with Gasteiger partial charge in [0, 0.05) is 32.6 Å². The van der Waals surface area contributed by atoms with Crippen LogP contribution >= 0.6 is 0 Å². The maximum Gasteiger partial charge on any atom is 0.319 e. The average molecular weight is 362 g/mol. The molecule has 8 heteroatoms. The number of nitrogens with zero attached hydrogens (tertiary/aromatic N) is 4. The van der Waals surface area contributed by atoms with Crippen molar-refractivity contribution in [2.45, 2.75) is 45.6 Å². The summed E-state index contributed by atoms with van der Waals surface area (Å²) >= 11 is 0. The number of carbonyl (C=O) groups excluding carboxylic acids is 1. The van der Waals surface area contributed by atoms with Crippen LogP contribution in [0.25, 0.3) is 0 Å². The van der Waals surface area contributed by atoms with E-state index in [9.17, 15) is 14.7 Å². The standard InChI is InChI=1S/C18H26N4O4/c1-2-15-19-14(20-26-15)11-21-5-7-22(8-6-21)16(23)18(17(24)25)10-12-3-4-13(18)9-12/h12-13H,2-11H2,1H3,(H,24,25). The molecule has 1 aromatic heterocycles. The zero-order chi connectivity index (χ0) is 18.3. The molecule has 1 N–H and O–H groups in total. The number of aryl methyl sites for hydroxylation is 1. The molecule has 2 aliphatic carbocycles. The summed E-state index contributed by atoms with van der Waals surface area (Å²) in [4.78, 5) is 33.5. The maximum absolute atomic E-state index is 13.1. The van der Waals surface area contributed by atoms with Crippen molar-refractivity contribution in [3.63, 3.8) is 0 Å². The fraction of sp³-hybridized carbons (Fsp3) is 0.778. The van der Waals surface area contributed by atoms with Crippen molar-refractivity contribution in [2.75, 3.05) is 26.2 Å². The molecule has 3 aliphatic rings. The quantitative estimate of drug-likeness (QED) is 0.785. The topological polar surface area (TPSA) is 99.8 Å². The van der Waals surface area contributed by atoms with Crippen molar-refractivity contribution in [2.24, 2.45) is 17.3 Å².